The number of carbonyl (C=O) groups is 2. The number of fused-ring (bicyclic) bond motifs is 1. The van der Waals surface area contributed by atoms with Crippen molar-refractivity contribution in [2.75, 3.05) is 25.6 Å². The fourth-order valence-electron chi connectivity index (χ4n) is 5.75. The summed E-state index contributed by atoms with van der Waals surface area (Å²) in [4.78, 5) is 31.6. The number of nitrogens with one attached hydrogen (secondary N) is 3. The predicted molar refractivity (Wildman–Crippen MR) is 171 cm³/mol. The third-order valence-corrected chi connectivity index (χ3v) is 8.12. The Labute approximate surface area is 258 Å². The molecule has 1 aliphatic heterocycles. The van der Waals surface area contributed by atoms with Crippen molar-refractivity contribution in [1.82, 2.24) is 25.4 Å². The molecule has 2 amide bonds. The lowest BCUT2D eigenvalue weighted by Crippen LogP contribution is -2.30. The van der Waals surface area contributed by atoms with Gasteiger partial charge >= 0.3 is 0 Å². The van der Waals surface area contributed by atoms with Crippen molar-refractivity contribution < 1.29 is 19.1 Å². The van der Waals surface area contributed by atoms with Gasteiger partial charge in [-0.2, -0.15) is 5.10 Å². The van der Waals surface area contributed by atoms with E-state index in [1.807, 2.05) is 42.9 Å². The Kier molecular flexibility index (Phi) is 9.79. The summed E-state index contributed by atoms with van der Waals surface area (Å²) in [5.41, 5.74) is 7.34. The molecule has 10 nitrogen and oxygen atoms in total. The van der Waals surface area contributed by atoms with Crippen molar-refractivity contribution in [3.8, 4) is 5.75 Å². The molecular weight excluding hydrogens is 556 g/mol. The summed E-state index contributed by atoms with van der Waals surface area (Å²) in [6, 6.07) is 11.3. The van der Waals surface area contributed by atoms with E-state index in [-0.39, 0.29) is 17.9 Å². The minimum Gasteiger partial charge on any atom is -0.496 e. The van der Waals surface area contributed by atoms with Gasteiger partial charge in [-0.25, -0.2) is 9.67 Å². The van der Waals surface area contributed by atoms with Gasteiger partial charge in [0.2, 0.25) is 0 Å². The molecule has 232 valence electrons. The molecule has 1 aliphatic rings. The number of aryl methyl sites for hydroxylation is 4. The minimum atomic E-state index is -0.253. The van der Waals surface area contributed by atoms with Gasteiger partial charge in [0.05, 0.1) is 24.4 Å². The predicted octanol–water partition coefficient (Wildman–Crippen LogP) is 5.09. The molecular formula is C34H42N6O4. The minimum absolute atomic E-state index is 0.241. The number of methoxy groups -OCH3 is 1. The first-order valence-corrected chi connectivity index (χ1v) is 15.3. The normalized spacial score (nSPS) is 13.6. The van der Waals surface area contributed by atoms with Gasteiger partial charge in [-0.05, 0) is 81.0 Å². The van der Waals surface area contributed by atoms with Crippen molar-refractivity contribution in [1.29, 1.82) is 0 Å². The van der Waals surface area contributed by atoms with E-state index < -0.39 is 0 Å². The summed E-state index contributed by atoms with van der Waals surface area (Å²) in [5.74, 6) is 0.311. The van der Waals surface area contributed by atoms with E-state index in [4.69, 9.17) is 14.5 Å². The Bertz CT molecular complexity index is 1660. The second-order valence-corrected chi connectivity index (χ2v) is 11.3. The van der Waals surface area contributed by atoms with E-state index in [1.165, 1.54) is 0 Å². The second-order valence-electron chi connectivity index (χ2n) is 11.3. The molecule has 0 aliphatic carbocycles. The van der Waals surface area contributed by atoms with Gasteiger partial charge in [0, 0.05) is 61.3 Å². The molecule has 1 saturated heterocycles. The van der Waals surface area contributed by atoms with Gasteiger partial charge < -0.3 is 25.4 Å². The average Bonchev–Trinajstić information content (AvgIpc) is 3.45. The number of hydrogen-bond donors (Lipinski definition) is 3. The Morgan fingerprint density at radius 1 is 1.00 bits per heavy atom. The molecule has 3 heterocycles. The first-order valence-electron chi connectivity index (χ1n) is 15.3. The van der Waals surface area contributed by atoms with Crippen LogP contribution in [0.3, 0.4) is 0 Å². The molecule has 44 heavy (non-hydrogen) atoms. The lowest BCUT2D eigenvalue weighted by molar-refractivity contribution is 0.0904. The highest BCUT2D eigenvalue weighted by atomic mass is 16.5. The van der Waals surface area contributed by atoms with E-state index in [9.17, 15) is 9.59 Å². The largest absolute Gasteiger partial charge is 0.496 e. The van der Waals surface area contributed by atoms with Crippen molar-refractivity contribution in [2.45, 2.75) is 72.6 Å². The summed E-state index contributed by atoms with van der Waals surface area (Å²) in [7, 11) is 1.64. The Morgan fingerprint density at radius 2 is 1.70 bits per heavy atom. The van der Waals surface area contributed by atoms with Crippen LogP contribution in [0.4, 0.5) is 5.69 Å². The molecule has 0 bridgehead atoms. The number of benzene rings is 2. The van der Waals surface area contributed by atoms with Gasteiger partial charge in [-0.1, -0.05) is 19.1 Å². The summed E-state index contributed by atoms with van der Waals surface area (Å²) in [6.07, 6.45) is 4.38. The highest BCUT2D eigenvalue weighted by Gasteiger charge is 2.22. The third kappa shape index (κ3) is 6.86. The fourth-order valence-corrected chi connectivity index (χ4v) is 5.75. The number of aromatic nitrogens is 3. The number of ether oxygens (including phenoxy) is 2. The lowest BCUT2D eigenvalue weighted by atomic mass is 10.0. The summed E-state index contributed by atoms with van der Waals surface area (Å²) in [5, 5.41) is 15.3. The summed E-state index contributed by atoms with van der Waals surface area (Å²) in [6.45, 7) is 10.8. The zero-order valence-corrected chi connectivity index (χ0v) is 26.3. The van der Waals surface area contributed by atoms with Crippen molar-refractivity contribution in [3.63, 3.8) is 0 Å². The van der Waals surface area contributed by atoms with Crippen LogP contribution >= 0.6 is 0 Å². The molecule has 0 spiro atoms. The van der Waals surface area contributed by atoms with Crippen LogP contribution in [0.2, 0.25) is 0 Å². The Hall–Kier alpha value is -4.44. The monoisotopic (exact) mass is 598 g/mol. The Morgan fingerprint density at radius 3 is 2.34 bits per heavy atom. The first-order chi connectivity index (χ1) is 21.3. The molecule has 5 rings (SSSR count). The van der Waals surface area contributed by atoms with Crippen LogP contribution in [0.15, 0.2) is 42.6 Å². The van der Waals surface area contributed by atoms with Crippen LogP contribution in [0.1, 0.15) is 75.4 Å². The second kappa shape index (κ2) is 13.9. The maximum Gasteiger partial charge on any atom is 0.251 e. The Balaban J connectivity index is 1.35. The first kappa shape index (κ1) is 31.0. The van der Waals surface area contributed by atoms with E-state index >= 15 is 0 Å². The molecule has 0 saturated carbocycles. The maximum absolute atomic E-state index is 13.5. The molecule has 0 atom stereocenters. The molecule has 0 unspecified atom stereocenters. The number of pyridine rings is 1. The number of nitrogens with zero attached hydrogens (tertiary/aromatic N) is 3. The van der Waals surface area contributed by atoms with Crippen LogP contribution in [-0.2, 0) is 30.8 Å². The molecule has 2 aromatic carbocycles. The van der Waals surface area contributed by atoms with E-state index in [1.54, 1.807) is 25.3 Å². The van der Waals surface area contributed by atoms with Crippen molar-refractivity contribution in [3.05, 3.63) is 81.7 Å². The van der Waals surface area contributed by atoms with Crippen LogP contribution in [0, 0.1) is 13.8 Å². The van der Waals surface area contributed by atoms with E-state index in [0.717, 1.165) is 83.0 Å². The standard InChI is InChI=1S/C34H42N6O4/c1-6-29-27(31(38-26-10-12-44-13-11-26)28-20-37-40(7-2)32(28)39-29)19-36-34(42)25-15-21(3)14-24(17-25)33(41)35-18-23-8-9-30(43-5)22(4)16-23/h8-9,14-17,20,26H,6-7,10-13,18-19H2,1-5H3,(H,35,41)(H,36,42)(H,38,39). The average molecular weight is 599 g/mol. The van der Waals surface area contributed by atoms with Crippen LogP contribution in [0.5, 0.6) is 5.75 Å². The maximum atomic E-state index is 13.5. The van der Waals surface area contributed by atoms with Crippen LogP contribution in [0.25, 0.3) is 11.0 Å². The van der Waals surface area contributed by atoms with Crippen LogP contribution < -0.4 is 20.7 Å². The van der Waals surface area contributed by atoms with Gasteiger partial charge in [-0.15, -0.1) is 0 Å². The molecule has 0 radical (unpaired) electrons. The van der Waals surface area contributed by atoms with Crippen LogP contribution in [-0.4, -0.2) is 52.9 Å². The summed E-state index contributed by atoms with van der Waals surface area (Å²) < 4.78 is 12.8. The lowest BCUT2D eigenvalue weighted by Gasteiger charge is -2.26. The fraction of sp³-hybridized carbons (Fsp3) is 0.412. The topological polar surface area (TPSA) is 119 Å². The third-order valence-electron chi connectivity index (χ3n) is 8.12. The van der Waals surface area contributed by atoms with Crippen molar-refractivity contribution in [2.24, 2.45) is 0 Å². The van der Waals surface area contributed by atoms with Gasteiger partial charge in [0.15, 0.2) is 5.65 Å². The number of carbonyl (C=O) groups excluding carboxylic acids is 2. The molecule has 1 fully saturated rings. The SMILES string of the molecule is CCc1nc2c(cnn2CC)c(NC2CCOCC2)c1CNC(=O)c1cc(C)cc(C(=O)NCc2ccc(OC)c(C)c2)c1. The number of anilines is 1. The van der Waals surface area contributed by atoms with E-state index in [2.05, 4.69) is 34.9 Å². The number of amides is 2. The van der Waals surface area contributed by atoms with Gasteiger partial charge in [0.25, 0.3) is 11.8 Å². The molecule has 2 aromatic heterocycles. The van der Waals surface area contributed by atoms with Gasteiger partial charge in [0.1, 0.15) is 5.75 Å². The number of rotatable bonds is 11. The zero-order chi connectivity index (χ0) is 31.2. The smallest absolute Gasteiger partial charge is 0.251 e. The molecule has 4 aromatic rings. The highest BCUT2D eigenvalue weighted by molar-refractivity contribution is 6.00. The summed E-state index contributed by atoms with van der Waals surface area (Å²) >= 11 is 0. The number of hydrogen-bond acceptors (Lipinski definition) is 7. The molecule has 3 N–H and O–H groups in total. The zero-order valence-electron chi connectivity index (χ0n) is 26.3. The van der Waals surface area contributed by atoms with Gasteiger partial charge in [-0.3, -0.25) is 9.59 Å². The highest BCUT2D eigenvalue weighted by Crippen LogP contribution is 2.31. The molecule has 10 heteroatoms. The van der Waals surface area contributed by atoms with Crippen molar-refractivity contribution >= 4 is 28.5 Å². The quantitative estimate of drug-likeness (QED) is 0.220. The van der Waals surface area contributed by atoms with E-state index in [0.29, 0.717) is 30.6 Å².